The highest BCUT2D eigenvalue weighted by Crippen LogP contribution is 2.27. The number of nitrogens with two attached hydrogens (primary N) is 1. The van der Waals surface area contributed by atoms with Gasteiger partial charge in [-0.15, -0.1) is 0 Å². The highest BCUT2D eigenvalue weighted by Gasteiger charge is 2.09. The van der Waals surface area contributed by atoms with E-state index in [2.05, 4.69) is 5.32 Å². The molecule has 0 radical (unpaired) electrons. The van der Waals surface area contributed by atoms with Gasteiger partial charge >= 0.3 is 0 Å². The summed E-state index contributed by atoms with van der Waals surface area (Å²) >= 11 is 0. The van der Waals surface area contributed by atoms with Crippen LogP contribution < -0.4 is 11.1 Å². The van der Waals surface area contributed by atoms with Gasteiger partial charge in [-0.1, -0.05) is 17.7 Å². The number of hydrogen-bond acceptors (Lipinski definition) is 4. The monoisotopic (exact) mass is 257 g/mol. The van der Waals surface area contributed by atoms with Gasteiger partial charge in [0.15, 0.2) is 0 Å². The fourth-order valence-corrected chi connectivity index (χ4v) is 1.92. The zero-order valence-corrected chi connectivity index (χ0v) is 10.8. The number of nitrogens with one attached hydrogen (secondary N) is 1. The Morgan fingerprint density at radius 2 is 1.89 bits per heavy atom. The number of aryl methyl sites for hydroxylation is 2. The highest BCUT2D eigenvalue weighted by molar-refractivity contribution is 5.69. The number of hydrogen-bond donors (Lipinski definition) is 2. The molecule has 3 N–H and O–H groups in total. The standard InChI is InChI=1S/C14H15N3O2/c1-9-3-4-14(10(2)5-9)16-12-6-11(15)7-13(8-12)17(18)19/h3-8,16H,15H2,1-2H3. The zero-order valence-electron chi connectivity index (χ0n) is 10.8. The van der Waals surface area contributed by atoms with Gasteiger partial charge in [-0.05, 0) is 31.5 Å². The van der Waals surface area contributed by atoms with Gasteiger partial charge in [-0.3, -0.25) is 10.1 Å². The Morgan fingerprint density at radius 1 is 1.16 bits per heavy atom. The van der Waals surface area contributed by atoms with Gasteiger partial charge in [-0.2, -0.15) is 0 Å². The van der Waals surface area contributed by atoms with Crippen LogP contribution in [0.1, 0.15) is 11.1 Å². The number of nitro benzene ring substituents is 1. The summed E-state index contributed by atoms with van der Waals surface area (Å²) in [4.78, 5) is 10.3. The summed E-state index contributed by atoms with van der Waals surface area (Å²) in [5.74, 6) is 0. The summed E-state index contributed by atoms with van der Waals surface area (Å²) in [5.41, 5.74) is 9.77. The molecule has 0 fully saturated rings. The molecule has 0 aliphatic rings. The van der Waals surface area contributed by atoms with Gasteiger partial charge in [-0.25, -0.2) is 0 Å². The first kappa shape index (κ1) is 12.9. The Bertz CT molecular complexity index is 639. The molecular formula is C14H15N3O2. The van der Waals surface area contributed by atoms with Crippen LogP contribution in [0.15, 0.2) is 36.4 Å². The molecule has 0 aliphatic heterocycles. The SMILES string of the molecule is Cc1ccc(Nc2cc(N)cc([N+](=O)[O-])c2)c(C)c1. The first-order chi connectivity index (χ1) is 8.95. The first-order valence-corrected chi connectivity index (χ1v) is 5.85. The van der Waals surface area contributed by atoms with Crippen molar-refractivity contribution in [1.29, 1.82) is 0 Å². The highest BCUT2D eigenvalue weighted by atomic mass is 16.6. The molecule has 0 spiro atoms. The minimum Gasteiger partial charge on any atom is -0.398 e. The maximum Gasteiger partial charge on any atom is 0.273 e. The Morgan fingerprint density at radius 3 is 2.53 bits per heavy atom. The number of rotatable bonds is 3. The summed E-state index contributed by atoms with van der Waals surface area (Å²) in [6.45, 7) is 4.00. The Hall–Kier alpha value is -2.56. The molecule has 2 aromatic carbocycles. The van der Waals surface area contributed by atoms with E-state index in [1.807, 2.05) is 32.0 Å². The predicted octanol–water partition coefficient (Wildman–Crippen LogP) is 3.54. The van der Waals surface area contributed by atoms with E-state index in [0.29, 0.717) is 11.4 Å². The number of benzene rings is 2. The number of nitrogen functional groups attached to an aromatic ring is 1. The Balaban J connectivity index is 2.35. The maximum atomic E-state index is 10.8. The van der Waals surface area contributed by atoms with E-state index < -0.39 is 4.92 Å². The molecule has 0 bridgehead atoms. The minimum absolute atomic E-state index is 0.0211. The fourth-order valence-electron chi connectivity index (χ4n) is 1.92. The molecule has 0 aromatic heterocycles. The van der Waals surface area contributed by atoms with Crippen molar-refractivity contribution >= 4 is 22.7 Å². The van der Waals surface area contributed by atoms with Crippen LogP contribution in [0.4, 0.5) is 22.7 Å². The molecule has 0 saturated carbocycles. The second-order valence-corrected chi connectivity index (χ2v) is 4.51. The lowest BCUT2D eigenvalue weighted by molar-refractivity contribution is -0.384. The summed E-state index contributed by atoms with van der Waals surface area (Å²) in [7, 11) is 0. The lowest BCUT2D eigenvalue weighted by atomic mass is 10.1. The van der Waals surface area contributed by atoms with E-state index in [1.54, 1.807) is 6.07 Å². The Labute approximate surface area is 111 Å². The van der Waals surface area contributed by atoms with E-state index in [9.17, 15) is 10.1 Å². The molecule has 0 atom stereocenters. The van der Waals surface area contributed by atoms with Crippen molar-refractivity contribution in [3.63, 3.8) is 0 Å². The maximum absolute atomic E-state index is 10.8. The predicted molar refractivity (Wildman–Crippen MR) is 76.7 cm³/mol. The molecule has 0 unspecified atom stereocenters. The van der Waals surface area contributed by atoms with Crippen LogP contribution in [0.5, 0.6) is 0 Å². The molecule has 5 nitrogen and oxygen atoms in total. The second-order valence-electron chi connectivity index (χ2n) is 4.51. The van der Waals surface area contributed by atoms with Crippen LogP contribution in [-0.2, 0) is 0 Å². The van der Waals surface area contributed by atoms with Crippen molar-refractivity contribution in [1.82, 2.24) is 0 Å². The van der Waals surface area contributed by atoms with Crippen molar-refractivity contribution in [2.75, 3.05) is 11.1 Å². The zero-order chi connectivity index (χ0) is 14.0. The summed E-state index contributed by atoms with van der Waals surface area (Å²) in [5, 5.41) is 13.9. The van der Waals surface area contributed by atoms with Crippen molar-refractivity contribution in [3.05, 3.63) is 57.6 Å². The van der Waals surface area contributed by atoms with E-state index in [4.69, 9.17) is 5.73 Å². The molecule has 2 rings (SSSR count). The quantitative estimate of drug-likeness (QED) is 0.500. The lowest BCUT2D eigenvalue weighted by Crippen LogP contribution is -1.97. The van der Waals surface area contributed by atoms with Gasteiger partial charge in [0.2, 0.25) is 0 Å². The average Bonchev–Trinajstić information content (AvgIpc) is 2.32. The second kappa shape index (κ2) is 4.97. The van der Waals surface area contributed by atoms with E-state index in [0.717, 1.165) is 11.3 Å². The Kier molecular flexibility index (Phi) is 3.37. The first-order valence-electron chi connectivity index (χ1n) is 5.85. The third-order valence-corrected chi connectivity index (χ3v) is 2.81. The lowest BCUT2D eigenvalue weighted by Gasteiger charge is -2.10. The minimum atomic E-state index is -0.455. The summed E-state index contributed by atoms with van der Waals surface area (Å²) in [6, 6.07) is 10.5. The average molecular weight is 257 g/mol. The van der Waals surface area contributed by atoms with Crippen molar-refractivity contribution in [3.8, 4) is 0 Å². The molecule has 0 amide bonds. The molecule has 0 aliphatic carbocycles. The van der Waals surface area contributed by atoms with Crippen LogP contribution >= 0.6 is 0 Å². The number of nitro groups is 1. The third-order valence-electron chi connectivity index (χ3n) is 2.81. The fraction of sp³-hybridized carbons (Fsp3) is 0.143. The van der Waals surface area contributed by atoms with Crippen molar-refractivity contribution in [2.45, 2.75) is 13.8 Å². The van der Waals surface area contributed by atoms with Crippen LogP contribution in [0, 0.1) is 24.0 Å². The summed E-state index contributed by atoms with van der Waals surface area (Å²) in [6.07, 6.45) is 0. The summed E-state index contributed by atoms with van der Waals surface area (Å²) < 4.78 is 0. The number of non-ortho nitro benzene ring substituents is 1. The van der Waals surface area contributed by atoms with Crippen molar-refractivity contribution in [2.24, 2.45) is 0 Å². The molecule has 5 heteroatoms. The normalized spacial score (nSPS) is 10.2. The van der Waals surface area contributed by atoms with Crippen LogP contribution in [0.2, 0.25) is 0 Å². The van der Waals surface area contributed by atoms with Crippen LogP contribution in [0.3, 0.4) is 0 Å². The van der Waals surface area contributed by atoms with Crippen LogP contribution in [-0.4, -0.2) is 4.92 Å². The molecule has 2 aromatic rings. The molecular weight excluding hydrogens is 242 g/mol. The largest absolute Gasteiger partial charge is 0.398 e. The van der Waals surface area contributed by atoms with E-state index >= 15 is 0 Å². The van der Waals surface area contributed by atoms with Gasteiger partial charge < -0.3 is 11.1 Å². The smallest absolute Gasteiger partial charge is 0.273 e. The third kappa shape index (κ3) is 3.01. The molecule has 0 saturated heterocycles. The molecule has 0 heterocycles. The van der Waals surface area contributed by atoms with E-state index in [1.165, 1.54) is 17.7 Å². The van der Waals surface area contributed by atoms with Gasteiger partial charge in [0.1, 0.15) is 0 Å². The van der Waals surface area contributed by atoms with Gasteiger partial charge in [0, 0.05) is 29.2 Å². The molecule has 19 heavy (non-hydrogen) atoms. The number of anilines is 3. The van der Waals surface area contributed by atoms with Gasteiger partial charge in [0.25, 0.3) is 5.69 Å². The van der Waals surface area contributed by atoms with Crippen molar-refractivity contribution < 1.29 is 4.92 Å². The van der Waals surface area contributed by atoms with E-state index in [-0.39, 0.29) is 5.69 Å². The molecule has 98 valence electrons. The van der Waals surface area contributed by atoms with Gasteiger partial charge in [0.05, 0.1) is 4.92 Å². The van der Waals surface area contributed by atoms with Crippen LogP contribution in [0.25, 0.3) is 0 Å². The topological polar surface area (TPSA) is 81.2 Å². The number of nitrogens with zero attached hydrogens (tertiary/aromatic N) is 1.